The predicted octanol–water partition coefficient (Wildman–Crippen LogP) is 3.75. The lowest BCUT2D eigenvalue weighted by Gasteiger charge is -2.15. The highest BCUT2D eigenvalue weighted by molar-refractivity contribution is 5.92. The minimum absolute atomic E-state index is 0.225. The molecule has 0 spiro atoms. The number of benzene rings is 2. The maximum atomic E-state index is 13.2. The van der Waals surface area contributed by atoms with Gasteiger partial charge in [0.25, 0.3) is 5.91 Å². The molecule has 0 saturated heterocycles. The summed E-state index contributed by atoms with van der Waals surface area (Å²) in [5, 5.41) is 3.83. The minimum atomic E-state index is -0.323. The zero-order valence-corrected chi connectivity index (χ0v) is 12.6. The normalized spacial score (nSPS) is 10.5. The Hall–Kier alpha value is -2.95. The lowest BCUT2D eigenvalue weighted by molar-refractivity contribution is 0.0774. The lowest BCUT2D eigenvalue weighted by Crippen LogP contribution is -2.26. The van der Waals surface area contributed by atoms with Crippen LogP contribution in [-0.4, -0.2) is 23.0 Å². The van der Waals surface area contributed by atoms with Gasteiger partial charge in [-0.05, 0) is 17.7 Å². The Morgan fingerprint density at radius 1 is 1.13 bits per heavy atom. The topological polar surface area (TPSA) is 46.3 Å². The summed E-state index contributed by atoms with van der Waals surface area (Å²) in [7, 11) is 1.64. The van der Waals surface area contributed by atoms with Crippen LogP contribution in [-0.2, 0) is 6.54 Å². The molecule has 23 heavy (non-hydrogen) atoms. The Morgan fingerprint density at radius 2 is 1.91 bits per heavy atom. The number of hydrogen-bond donors (Lipinski definition) is 0. The van der Waals surface area contributed by atoms with Crippen molar-refractivity contribution in [2.75, 3.05) is 7.05 Å². The number of rotatable bonds is 4. The molecule has 1 aromatic heterocycles. The molecule has 0 aliphatic carbocycles. The zero-order valence-electron chi connectivity index (χ0n) is 12.6. The van der Waals surface area contributed by atoms with Gasteiger partial charge in [-0.15, -0.1) is 0 Å². The third-order valence-electron chi connectivity index (χ3n) is 3.44. The maximum Gasteiger partial charge on any atom is 0.276 e. The fourth-order valence-electron chi connectivity index (χ4n) is 2.29. The van der Waals surface area contributed by atoms with E-state index in [1.165, 1.54) is 17.0 Å². The molecular weight excluding hydrogens is 295 g/mol. The zero-order chi connectivity index (χ0) is 16.2. The first-order valence-corrected chi connectivity index (χ1v) is 7.15. The highest BCUT2D eigenvalue weighted by Crippen LogP contribution is 2.20. The van der Waals surface area contributed by atoms with E-state index in [9.17, 15) is 9.18 Å². The van der Waals surface area contributed by atoms with Gasteiger partial charge >= 0.3 is 0 Å². The van der Waals surface area contributed by atoms with E-state index in [1.54, 1.807) is 25.2 Å². The molecule has 0 bridgehead atoms. The number of carbonyl (C=O) groups excluding carboxylic acids is 1. The van der Waals surface area contributed by atoms with E-state index in [-0.39, 0.29) is 17.4 Å². The van der Waals surface area contributed by atoms with Gasteiger partial charge in [-0.1, -0.05) is 47.6 Å². The monoisotopic (exact) mass is 310 g/mol. The van der Waals surface area contributed by atoms with Crippen LogP contribution in [0.25, 0.3) is 11.3 Å². The van der Waals surface area contributed by atoms with Crippen LogP contribution in [0.15, 0.2) is 65.2 Å². The molecule has 2 aromatic carbocycles. The van der Waals surface area contributed by atoms with E-state index in [0.29, 0.717) is 17.9 Å². The van der Waals surface area contributed by atoms with Crippen LogP contribution >= 0.6 is 0 Å². The molecule has 116 valence electrons. The molecule has 1 heterocycles. The molecule has 0 aliphatic rings. The molecule has 0 aliphatic heterocycles. The van der Waals surface area contributed by atoms with Crippen molar-refractivity contribution in [1.82, 2.24) is 10.1 Å². The summed E-state index contributed by atoms with van der Waals surface area (Å²) < 4.78 is 18.4. The largest absolute Gasteiger partial charge is 0.355 e. The van der Waals surface area contributed by atoms with Gasteiger partial charge in [0.1, 0.15) is 5.82 Å². The minimum Gasteiger partial charge on any atom is -0.355 e. The molecule has 0 radical (unpaired) electrons. The Balaban J connectivity index is 1.74. The molecule has 0 fully saturated rings. The summed E-state index contributed by atoms with van der Waals surface area (Å²) in [6.07, 6.45) is 0. The van der Waals surface area contributed by atoms with Gasteiger partial charge in [0.2, 0.25) is 0 Å². The van der Waals surface area contributed by atoms with Crippen LogP contribution in [0.2, 0.25) is 0 Å². The second-order valence-electron chi connectivity index (χ2n) is 5.23. The van der Waals surface area contributed by atoms with Gasteiger partial charge < -0.3 is 9.42 Å². The Labute approximate surface area is 133 Å². The molecule has 4 nitrogen and oxygen atoms in total. The van der Waals surface area contributed by atoms with E-state index in [2.05, 4.69) is 5.16 Å². The molecule has 0 saturated carbocycles. The summed E-state index contributed by atoms with van der Waals surface area (Å²) >= 11 is 0. The predicted molar refractivity (Wildman–Crippen MR) is 84.1 cm³/mol. The summed E-state index contributed by atoms with van der Waals surface area (Å²) in [6.45, 7) is 0.296. The SMILES string of the molecule is CN(Cc1cccc(F)c1)C(=O)c1cc(-c2ccccc2)on1. The van der Waals surface area contributed by atoms with Gasteiger partial charge in [-0.3, -0.25) is 4.79 Å². The number of aromatic nitrogens is 1. The van der Waals surface area contributed by atoms with Crippen LogP contribution < -0.4 is 0 Å². The third kappa shape index (κ3) is 3.45. The van der Waals surface area contributed by atoms with E-state index in [4.69, 9.17) is 4.52 Å². The standard InChI is InChI=1S/C18H15FN2O2/c1-21(12-13-6-5-9-15(19)10-13)18(22)16-11-17(23-20-16)14-7-3-2-4-8-14/h2-11H,12H2,1H3. The summed E-state index contributed by atoms with van der Waals surface area (Å²) in [4.78, 5) is 13.9. The molecule has 0 atom stereocenters. The number of hydrogen-bond acceptors (Lipinski definition) is 3. The van der Waals surface area contributed by atoms with Crippen LogP contribution in [0, 0.1) is 5.82 Å². The van der Waals surface area contributed by atoms with Crippen LogP contribution in [0.5, 0.6) is 0 Å². The van der Waals surface area contributed by atoms with Crippen molar-refractivity contribution in [1.29, 1.82) is 0 Å². The smallest absolute Gasteiger partial charge is 0.276 e. The summed E-state index contributed by atoms with van der Waals surface area (Å²) in [5.41, 5.74) is 1.79. The van der Waals surface area contributed by atoms with Crippen molar-refractivity contribution in [2.45, 2.75) is 6.54 Å². The fourth-order valence-corrected chi connectivity index (χ4v) is 2.29. The average molecular weight is 310 g/mol. The number of carbonyl (C=O) groups is 1. The van der Waals surface area contributed by atoms with Crippen LogP contribution in [0.3, 0.4) is 0 Å². The first-order chi connectivity index (χ1) is 11.1. The van der Waals surface area contributed by atoms with Crippen molar-refractivity contribution >= 4 is 5.91 Å². The van der Waals surface area contributed by atoms with Gasteiger partial charge in [-0.2, -0.15) is 0 Å². The molecule has 3 rings (SSSR count). The summed E-state index contributed by atoms with van der Waals surface area (Å²) in [5.74, 6) is -0.0653. The van der Waals surface area contributed by atoms with E-state index in [1.807, 2.05) is 30.3 Å². The first-order valence-electron chi connectivity index (χ1n) is 7.15. The number of nitrogens with zero attached hydrogens (tertiary/aromatic N) is 2. The van der Waals surface area contributed by atoms with Gasteiger partial charge in [0.15, 0.2) is 11.5 Å². The first kappa shape index (κ1) is 15.0. The highest BCUT2D eigenvalue weighted by atomic mass is 19.1. The van der Waals surface area contributed by atoms with Crippen LogP contribution in [0.4, 0.5) is 4.39 Å². The van der Waals surface area contributed by atoms with Crippen molar-refractivity contribution < 1.29 is 13.7 Å². The highest BCUT2D eigenvalue weighted by Gasteiger charge is 2.18. The Kier molecular flexibility index (Phi) is 4.19. The lowest BCUT2D eigenvalue weighted by atomic mass is 10.1. The van der Waals surface area contributed by atoms with E-state index in [0.717, 1.165) is 5.56 Å². The van der Waals surface area contributed by atoms with Crippen molar-refractivity contribution in [2.24, 2.45) is 0 Å². The third-order valence-corrected chi connectivity index (χ3v) is 3.44. The number of amides is 1. The molecule has 1 amide bonds. The quantitative estimate of drug-likeness (QED) is 0.737. The van der Waals surface area contributed by atoms with E-state index >= 15 is 0 Å². The second-order valence-corrected chi connectivity index (χ2v) is 5.23. The average Bonchev–Trinajstić information content (AvgIpc) is 3.05. The van der Waals surface area contributed by atoms with Crippen molar-refractivity contribution in [3.63, 3.8) is 0 Å². The number of halogens is 1. The molecule has 0 unspecified atom stereocenters. The van der Waals surface area contributed by atoms with Gasteiger partial charge in [-0.25, -0.2) is 4.39 Å². The molecule has 5 heteroatoms. The maximum absolute atomic E-state index is 13.2. The molecule has 3 aromatic rings. The van der Waals surface area contributed by atoms with Crippen molar-refractivity contribution in [3.8, 4) is 11.3 Å². The summed E-state index contributed by atoms with van der Waals surface area (Å²) in [6, 6.07) is 17.2. The molecule has 0 N–H and O–H groups in total. The van der Waals surface area contributed by atoms with Gasteiger partial charge in [0, 0.05) is 25.2 Å². The van der Waals surface area contributed by atoms with Crippen LogP contribution in [0.1, 0.15) is 16.1 Å². The second kappa shape index (κ2) is 6.44. The van der Waals surface area contributed by atoms with Gasteiger partial charge in [0.05, 0.1) is 0 Å². The Morgan fingerprint density at radius 3 is 2.65 bits per heavy atom. The fraction of sp³-hybridized carbons (Fsp3) is 0.111. The molecular formula is C18H15FN2O2. The van der Waals surface area contributed by atoms with Crippen molar-refractivity contribution in [3.05, 3.63) is 77.7 Å². The van der Waals surface area contributed by atoms with E-state index < -0.39 is 0 Å². The Bertz CT molecular complexity index is 815.